The van der Waals surface area contributed by atoms with Crippen molar-refractivity contribution in [2.45, 2.75) is 38.5 Å². The van der Waals surface area contributed by atoms with Crippen LogP contribution in [0.25, 0.3) is 0 Å². The molecule has 1 N–H and O–H groups in total. The lowest BCUT2D eigenvalue weighted by atomic mass is 9.71. The van der Waals surface area contributed by atoms with Gasteiger partial charge in [-0.25, -0.2) is 0 Å². The highest BCUT2D eigenvalue weighted by molar-refractivity contribution is 5.75. The van der Waals surface area contributed by atoms with Crippen molar-refractivity contribution in [3.63, 3.8) is 0 Å². The zero-order chi connectivity index (χ0) is 11.6. The van der Waals surface area contributed by atoms with Gasteiger partial charge in [0.25, 0.3) is 0 Å². The summed E-state index contributed by atoms with van der Waals surface area (Å²) in [5, 5.41) is 17.2. The summed E-state index contributed by atoms with van der Waals surface area (Å²) in [6.07, 6.45) is 6.79. The minimum atomic E-state index is -0.685. The third-order valence-corrected chi connectivity index (χ3v) is 3.57. The summed E-state index contributed by atoms with van der Waals surface area (Å²) in [6, 6.07) is 0. The molecule has 1 aromatic heterocycles. The van der Waals surface area contributed by atoms with Crippen molar-refractivity contribution in [2.24, 2.45) is 12.5 Å². The largest absolute Gasteiger partial charge is 0.481 e. The van der Waals surface area contributed by atoms with Gasteiger partial charge in [0.1, 0.15) is 12.2 Å². The Labute approximate surface area is 94.5 Å². The van der Waals surface area contributed by atoms with Crippen molar-refractivity contribution in [2.75, 3.05) is 0 Å². The first-order valence-corrected chi connectivity index (χ1v) is 5.70. The predicted octanol–water partition coefficient (Wildman–Crippen LogP) is 1.39. The van der Waals surface area contributed by atoms with Gasteiger partial charge >= 0.3 is 5.97 Å². The van der Waals surface area contributed by atoms with Gasteiger partial charge < -0.3 is 9.67 Å². The van der Waals surface area contributed by atoms with Crippen molar-refractivity contribution < 1.29 is 9.90 Å². The van der Waals surface area contributed by atoms with Crippen LogP contribution in [0.1, 0.15) is 37.9 Å². The van der Waals surface area contributed by atoms with E-state index in [4.69, 9.17) is 0 Å². The zero-order valence-electron chi connectivity index (χ0n) is 9.52. The monoisotopic (exact) mass is 223 g/mol. The van der Waals surface area contributed by atoms with Crippen molar-refractivity contribution in [3.05, 3.63) is 12.2 Å². The molecule has 2 rings (SSSR count). The molecule has 1 fully saturated rings. The zero-order valence-corrected chi connectivity index (χ0v) is 9.52. The van der Waals surface area contributed by atoms with Gasteiger partial charge in [-0.15, -0.1) is 10.2 Å². The Balaban J connectivity index is 2.20. The van der Waals surface area contributed by atoms with Crippen LogP contribution >= 0.6 is 0 Å². The maximum Gasteiger partial charge on any atom is 0.310 e. The van der Waals surface area contributed by atoms with Crippen LogP contribution in [0, 0.1) is 5.41 Å². The van der Waals surface area contributed by atoms with Crippen LogP contribution in [0.2, 0.25) is 0 Å². The molecule has 1 aliphatic carbocycles. The third kappa shape index (κ3) is 1.94. The quantitative estimate of drug-likeness (QED) is 0.840. The molecule has 0 aliphatic heterocycles. The van der Waals surface area contributed by atoms with Crippen LogP contribution in [0.5, 0.6) is 0 Å². The van der Waals surface area contributed by atoms with Crippen molar-refractivity contribution >= 4 is 5.97 Å². The molecule has 0 bridgehead atoms. The third-order valence-electron chi connectivity index (χ3n) is 3.57. The molecular formula is C11H17N3O2. The summed E-state index contributed by atoms with van der Waals surface area (Å²) in [5.41, 5.74) is -0.612. The molecule has 0 atom stereocenters. The van der Waals surface area contributed by atoms with E-state index in [0.29, 0.717) is 6.42 Å². The average Bonchev–Trinajstić information content (AvgIpc) is 2.65. The van der Waals surface area contributed by atoms with Crippen LogP contribution in [0.4, 0.5) is 0 Å². The van der Waals surface area contributed by atoms with E-state index >= 15 is 0 Å². The number of aryl methyl sites for hydroxylation is 1. The molecule has 1 saturated carbocycles. The number of nitrogens with zero attached hydrogens (tertiary/aromatic N) is 3. The van der Waals surface area contributed by atoms with Gasteiger partial charge in [-0.3, -0.25) is 4.79 Å². The molecule has 5 nitrogen and oxygen atoms in total. The molecule has 0 radical (unpaired) electrons. The Morgan fingerprint density at radius 2 is 2.19 bits per heavy atom. The van der Waals surface area contributed by atoms with E-state index in [0.717, 1.165) is 37.9 Å². The minimum Gasteiger partial charge on any atom is -0.481 e. The first-order valence-electron chi connectivity index (χ1n) is 5.70. The van der Waals surface area contributed by atoms with Gasteiger partial charge in [-0.2, -0.15) is 0 Å². The number of rotatable bonds is 3. The molecular weight excluding hydrogens is 206 g/mol. The highest BCUT2D eigenvalue weighted by Crippen LogP contribution is 2.39. The van der Waals surface area contributed by atoms with Gasteiger partial charge in [-0.1, -0.05) is 19.3 Å². The van der Waals surface area contributed by atoms with Crippen LogP contribution in [-0.2, 0) is 18.3 Å². The Kier molecular flexibility index (Phi) is 2.94. The molecule has 88 valence electrons. The fraction of sp³-hybridized carbons (Fsp3) is 0.727. The summed E-state index contributed by atoms with van der Waals surface area (Å²) in [6.45, 7) is 0. The second-order valence-electron chi connectivity index (χ2n) is 4.68. The number of aliphatic carboxylic acids is 1. The molecule has 0 unspecified atom stereocenters. The Morgan fingerprint density at radius 1 is 1.50 bits per heavy atom. The first-order chi connectivity index (χ1) is 7.64. The molecule has 1 aromatic rings. The molecule has 1 heterocycles. The Bertz CT molecular complexity index is 380. The average molecular weight is 223 g/mol. The Morgan fingerprint density at radius 3 is 2.69 bits per heavy atom. The second kappa shape index (κ2) is 4.23. The maximum absolute atomic E-state index is 11.5. The van der Waals surface area contributed by atoms with Crippen molar-refractivity contribution in [3.8, 4) is 0 Å². The smallest absolute Gasteiger partial charge is 0.310 e. The van der Waals surface area contributed by atoms with Gasteiger partial charge in [0.2, 0.25) is 0 Å². The second-order valence-corrected chi connectivity index (χ2v) is 4.68. The standard InChI is InChI=1S/C11H17N3O2/c1-14-8-12-13-9(14)7-11(10(15)16)5-3-2-4-6-11/h8H,2-7H2,1H3,(H,15,16). The molecule has 0 amide bonds. The van der Waals surface area contributed by atoms with E-state index < -0.39 is 11.4 Å². The van der Waals surface area contributed by atoms with Crippen LogP contribution in [0.15, 0.2) is 6.33 Å². The molecule has 0 saturated heterocycles. The van der Waals surface area contributed by atoms with Gasteiger partial charge in [0, 0.05) is 13.5 Å². The topological polar surface area (TPSA) is 68.0 Å². The summed E-state index contributed by atoms with van der Waals surface area (Å²) in [5.74, 6) is 0.0829. The molecule has 0 spiro atoms. The predicted molar refractivity (Wildman–Crippen MR) is 57.9 cm³/mol. The van der Waals surface area contributed by atoms with E-state index in [9.17, 15) is 9.90 Å². The fourth-order valence-corrected chi connectivity index (χ4v) is 2.46. The van der Waals surface area contributed by atoms with E-state index in [1.54, 1.807) is 10.9 Å². The van der Waals surface area contributed by atoms with Gasteiger partial charge in [0.05, 0.1) is 5.41 Å². The number of hydrogen-bond donors (Lipinski definition) is 1. The maximum atomic E-state index is 11.5. The first kappa shape index (κ1) is 11.1. The van der Waals surface area contributed by atoms with Crippen molar-refractivity contribution in [1.82, 2.24) is 14.8 Å². The van der Waals surface area contributed by atoms with E-state index in [-0.39, 0.29) is 0 Å². The Hall–Kier alpha value is -1.39. The molecule has 16 heavy (non-hydrogen) atoms. The molecule has 0 aromatic carbocycles. The van der Waals surface area contributed by atoms with Crippen LogP contribution in [0.3, 0.4) is 0 Å². The van der Waals surface area contributed by atoms with E-state index in [1.807, 2.05) is 7.05 Å². The van der Waals surface area contributed by atoms with E-state index in [1.165, 1.54) is 0 Å². The number of carboxylic acids is 1. The molecule has 5 heteroatoms. The van der Waals surface area contributed by atoms with Crippen molar-refractivity contribution in [1.29, 1.82) is 0 Å². The van der Waals surface area contributed by atoms with Gasteiger partial charge in [0.15, 0.2) is 0 Å². The summed E-state index contributed by atoms with van der Waals surface area (Å²) < 4.78 is 1.80. The SMILES string of the molecule is Cn1cnnc1CC1(C(=O)O)CCCCC1. The number of aromatic nitrogens is 3. The summed E-state index contributed by atoms with van der Waals surface area (Å²) in [7, 11) is 1.85. The normalized spacial score (nSPS) is 19.6. The van der Waals surface area contributed by atoms with Crippen LogP contribution in [-0.4, -0.2) is 25.8 Å². The fourth-order valence-electron chi connectivity index (χ4n) is 2.46. The lowest BCUT2D eigenvalue weighted by molar-refractivity contribution is -0.151. The van der Waals surface area contributed by atoms with Crippen LogP contribution < -0.4 is 0 Å². The number of carbonyl (C=O) groups is 1. The summed E-state index contributed by atoms with van der Waals surface area (Å²) >= 11 is 0. The summed E-state index contributed by atoms with van der Waals surface area (Å²) in [4.78, 5) is 11.5. The molecule has 1 aliphatic rings. The minimum absolute atomic E-state index is 0.499. The lowest BCUT2D eigenvalue weighted by Gasteiger charge is -2.32. The lowest BCUT2D eigenvalue weighted by Crippen LogP contribution is -2.36. The highest BCUT2D eigenvalue weighted by Gasteiger charge is 2.40. The van der Waals surface area contributed by atoms with E-state index in [2.05, 4.69) is 10.2 Å². The van der Waals surface area contributed by atoms with Gasteiger partial charge in [-0.05, 0) is 12.8 Å². The highest BCUT2D eigenvalue weighted by atomic mass is 16.4. The number of hydrogen-bond acceptors (Lipinski definition) is 3. The number of carboxylic acid groups (broad SMARTS) is 1.